The van der Waals surface area contributed by atoms with Crippen molar-refractivity contribution in [3.8, 4) is 0 Å². The second-order valence-electron chi connectivity index (χ2n) is 3.26. The molecule has 14 heavy (non-hydrogen) atoms. The Morgan fingerprint density at radius 3 is 2.86 bits per heavy atom. The van der Waals surface area contributed by atoms with Gasteiger partial charge in [-0.25, -0.2) is 15.0 Å². The lowest BCUT2D eigenvalue weighted by atomic mass is 10.5. The van der Waals surface area contributed by atoms with Crippen LogP contribution in [0.15, 0.2) is 6.33 Å². The minimum atomic E-state index is 0.455. The Kier molecular flexibility index (Phi) is 2.30. The number of nitrogens with two attached hydrogens (primary N) is 1. The van der Waals surface area contributed by atoms with Crippen LogP contribution in [0.25, 0.3) is 10.3 Å². The summed E-state index contributed by atoms with van der Waals surface area (Å²) < 4.78 is 0. The van der Waals surface area contributed by atoms with E-state index >= 15 is 0 Å². The van der Waals surface area contributed by atoms with Crippen LogP contribution in [0.4, 0.5) is 5.82 Å². The minimum absolute atomic E-state index is 0.455. The molecule has 0 bridgehead atoms. The number of fused-ring (bicyclic) bond motifs is 1. The number of anilines is 1. The van der Waals surface area contributed by atoms with Crippen molar-refractivity contribution >= 4 is 27.5 Å². The van der Waals surface area contributed by atoms with E-state index in [1.165, 1.54) is 6.33 Å². The average Bonchev–Trinajstić information content (AvgIpc) is 2.47. The van der Waals surface area contributed by atoms with Gasteiger partial charge in [0.15, 0.2) is 5.82 Å². The van der Waals surface area contributed by atoms with Crippen LogP contribution in [0.1, 0.15) is 5.01 Å². The molecule has 5 nitrogen and oxygen atoms in total. The van der Waals surface area contributed by atoms with Crippen molar-refractivity contribution in [2.75, 3.05) is 19.8 Å². The van der Waals surface area contributed by atoms with Crippen LogP contribution in [0.2, 0.25) is 0 Å². The van der Waals surface area contributed by atoms with Gasteiger partial charge in [0.05, 0.1) is 0 Å². The third kappa shape index (κ3) is 1.66. The highest BCUT2D eigenvalue weighted by molar-refractivity contribution is 7.18. The molecule has 2 aromatic heterocycles. The molecule has 0 aliphatic heterocycles. The summed E-state index contributed by atoms with van der Waals surface area (Å²) in [5.41, 5.74) is 6.40. The molecule has 0 aliphatic carbocycles. The van der Waals surface area contributed by atoms with E-state index < -0.39 is 0 Å². The predicted octanol–water partition coefficient (Wildman–Crippen LogP) is 0.730. The van der Waals surface area contributed by atoms with Crippen LogP contribution in [0.3, 0.4) is 0 Å². The van der Waals surface area contributed by atoms with Gasteiger partial charge >= 0.3 is 0 Å². The van der Waals surface area contributed by atoms with Crippen LogP contribution in [-0.2, 0) is 6.54 Å². The Morgan fingerprint density at radius 1 is 1.43 bits per heavy atom. The fourth-order valence-corrected chi connectivity index (χ4v) is 2.18. The third-order valence-electron chi connectivity index (χ3n) is 1.72. The van der Waals surface area contributed by atoms with Crippen molar-refractivity contribution < 1.29 is 0 Å². The van der Waals surface area contributed by atoms with Gasteiger partial charge in [0, 0.05) is 6.54 Å². The Hall–Kier alpha value is -1.27. The topological polar surface area (TPSA) is 67.9 Å². The maximum Gasteiger partial charge on any atom is 0.154 e. The Morgan fingerprint density at radius 2 is 2.21 bits per heavy atom. The molecule has 6 heteroatoms. The summed E-state index contributed by atoms with van der Waals surface area (Å²) in [6, 6.07) is 0. The first kappa shape index (κ1) is 9.29. The highest BCUT2D eigenvalue weighted by Crippen LogP contribution is 2.22. The lowest BCUT2D eigenvalue weighted by Gasteiger charge is -2.04. The van der Waals surface area contributed by atoms with Gasteiger partial charge < -0.3 is 10.6 Å². The number of hydrogen-bond donors (Lipinski definition) is 1. The van der Waals surface area contributed by atoms with E-state index in [0.29, 0.717) is 11.3 Å². The summed E-state index contributed by atoms with van der Waals surface area (Å²) in [6.07, 6.45) is 1.47. The monoisotopic (exact) mass is 209 g/mol. The van der Waals surface area contributed by atoms with Gasteiger partial charge in [0.25, 0.3) is 0 Å². The Bertz CT molecular complexity index is 450. The van der Waals surface area contributed by atoms with E-state index in [-0.39, 0.29) is 0 Å². The minimum Gasteiger partial charge on any atom is -0.382 e. The summed E-state index contributed by atoms with van der Waals surface area (Å²) in [7, 11) is 4.00. The predicted molar refractivity (Wildman–Crippen MR) is 57.0 cm³/mol. The second-order valence-corrected chi connectivity index (χ2v) is 4.32. The van der Waals surface area contributed by atoms with Crippen LogP contribution in [-0.4, -0.2) is 33.9 Å². The fourth-order valence-electron chi connectivity index (χ4n) is 1.15. The number of nitrogen functional groups attached to an aromatic ring is 1. The van der Waals surface area contributed by atoms with Gasteiger partial charge in [0.1, 0.15) is 21.7 Å². The first-order valence-electron chi connectivity index (χ1n) is 4.17. The molecule has 0 spiro atoms. The highest BCUT2D eigenvalue weighted by Gasteiger charge is 2.08. The highest BCUT2D eigenvalue weighted by atomic mass is 32.1. The molecular weight excluding hydrogens is 198 g/mol. The van der Waals surface area contributed by atoms with Crippen molar-refractivity contribution in [3.63, 3.8) is 0 Å². The zero-order valence-electron chi connectivity index (χ0n) is 8.06. The van der Waals surface area contributed by atoms with Crippen molar-refractivity contribution in [3.05, 3.63) is 11.3 Å². The molecule has 0 amide bonds. The van der Waals surface area contributed by atoms with E-state index in [9.17, 15) is 0 Å². The van der Waals surface area contributed by atoms with E-state index in [4.69, 9.17) is 5.73 Å². The normalized spacial score (nSPS) is 11.4. The lowest BCUT2D eigenvalue weighted by Crippen LogP contribution is -2.10. The molecule has 0 saturated heterocycles. The Balaban J connectivity index is 2.46. The molecule has 2 N–H and O–H groups in total. The van der Waals surface area contributed by atoms with Gasteiger partial charge in [-0.05, 0) is 14.1 Å². The molecule has 0 saturated carbocycles. The molecule has 0 aliphatic rings. The zero-order valence-corrected chi connectivity index (χ0v) is 8.88. The molecule has 0 fully saturated rings. The molecule has 74 valence electrons. The molecule has 0 atom stereocenters. The zero-order chi connectivity index (χ0) is 10.1. The van der Waals surface area contributed by atoms with Crippen molar-refractivity contribution in [2.45, 2.75) is 6.54 Å². The van der Waals surface area contributed by atoms with Crippen LogP contribution in [0, 0.1) is 0 Å². The smallest absolute Gasteiger partial charge is 0.154 e. The number of rotatable bonds is 2. The van der Waals surface area contributed by atoms with Crippen LogP contribution >= 0.6 is 11.3 Å². The maximum absolute atomic E-state index is 5.68. The van der Waals surface area contributed by atoms with Gasteiger partial charge in [0.2, 0.25) is 0 Å². The molecule has 2 aromatic rings. The Labute approximate surface area is 85.6 Å². The largest absolute Gasteiger partial charge is 0.382 e. The quantitative estimate of drug-likeness (QED) is 0.789. The SMILES string of the molecule is CN(C)Cc1nc2c(N)ncnc2s1. The third-order valence-corrected chi connectivity index (χ3v) is 2.67. The summed E-state index contributed by atoms with van der Waals surface area (Å²) >= 11 is 1.56. The fraction of sp³-hybridized carbons (Fsp3) is 0.375. The molecule has 0 unspecified atom stereocenters. The first-order valence-corrected chi connectivity index (χ1v) is 4.99. The maximum atomic E-state index is 5.68. The summed E-state index contributed by atoms with van der Waals surface area (Å²) in [5, 5.41) is 1.01. The first-order chi connectivity index (χ1) is 6.66. The standard InChI is InChI=1S/C8H11N5S/c1-13(2)3-5-12-6-7(9)10-4-11-8(6)14-5/h4H,3H2,1-2H3,(H2,9,10,11). The van der Waals surface area contributed by atoms with Crippen LogP contribution < -0.4 is 5.73 Å². The van der Waals surface area contributed by atoms with Gasteiger partial charge in [-0.1, -0.05) is 11.3 Å². The van der Waals surface area contributed by atoms with Crippen molar-refractivity contribution in [1.29, 1.82) is 0 Å². The molecule has 2 heterocycles. The van der Waals surface area contributed by atoms with Crippen molar-refractivity contribution in [1.82, 2.24) is 19.9 Å². The van der Waals surface area contributed by atoms with E-state index in [2.05, 4.69) is 19.9 Å². The van der Waals surface area contributed by atoms with Gasteiger partial charge in [-0.15, -0.1) is 0 Å². The van der Waals surface area contributed by atoms with Gasteiger partial charge in [-0.2, -0.15) is 0 Å². The van der Waals surface area contributed by atoms with Crippen LogP contribution in [0.5, 0.6) is 0 Å². The molecule has 0 radical (unpaired) electrons. The molecule has 2 rings (SSSR count). The summed E-state index contributed by atoms with van der Waals surface area (Å²) in [4.78, 5) is 15.3. The number of nitrogens with zero attached hydrogens (tertiary/aromatic N) is 4. The van der Waals surface area contributed by atoms with E-state index in [0.717, 1.165) is 16.4 Å². The number of thiazole rings is 1. The molecular formula is C8H11N5S. The average molecular weight is 209 g/mol. The van der Waals surface area contributed by atoms with E-state index in [1.54, 1.807) is 11.3 Å². The van der Waals surface area contributed by atoms with Crippen molar-refractivity contribution in [2.24, 2.45) is 0 Å². The number of hydrogen-bond acceptors (Lipinski definition) is 6. The molecule has 0 aromatic carbocycles. The van der Waals surface area contributed by atoms with E-state index in [1.807, 2.05) is 14.1 Å². The summed E-state index contributed by atoms with van der Waals surface area (Å²) in [5.74, 6) is 0.455. The lowest BCUT2D eigenvalue weighted by molar-refractivity contribution is 0.402. The van der Waals surface area contributed by atoms with Gasteiger partial charge in [-0.3, -0.25) is 0 Å². The summed E-state index contributed by atoms with van der Waals surface area (Å²) in [6.45, 7) is 0.806. The number of aromatic nitrogens is 3. The second kappa shape index (κ2) is 3.47.